The molecule has 0 aromatic heterocycles. The number of rotatable bonds is 10. The summed E-state index contributed by atoms with van der Waals surface area (Å²) in [6.07, 6.45) is 0.754. The smallest absolute Gasteiger partial charge is 0.255 e. The van der Waals surface area contributed by atoms with Crippen molar-refractivity contribution in [3.8, 4) is 11.5 Å². The third kappa shape index (κ3) is 7.91. The van der Waals surface area contributed by atoms with Crippen LogP contribution in [0.5, 0.6) is 11.5 Å². The number of methoxy groups -OCH3 is 1. The number of nitrogens with two attached hydrogens (primary N) is 1. The van der Waals surface area contributed by atoms with Gasteiger partial charge in [-0.15, -0.1) is 0 Å². The lowest BCUT2D eigenvalue weighted by atomic mass is 10.1. The number of nitrogens with zero attached hydrogens (tertiary/aromatic N) is 1. The standard InChI is InChI=1S/C21H27ClN4O3/c1-3-24-21(25-10-9-16-7-8-17(28-2)12-19(16)22)26-13-15-5-4-6-18(11-15)29-14-20(23)27/h4-8,11-12H,3,9-10,13-14H2,1-2H3,(H2,23,27)(H2,24,25,26). The van der Waals surface area contributed by atoms with Gasteiger partial charge in [0.1, 0.15) is 11.5 Å². The first-order valence-corrected chi connectivity index (χ1v) is 9.74. The van der Waals surface area contributed by atoms with E-state index in [2.05, 4.69) is 15.6 Å². The van der Waals surface area contributed by atoms with E-state index in [0.717, 1.165) is 29.8 Å². The fraction of sp³-hybridized carbons (Fsp3) is 0.333. The van der Waals surface area contributed by atoms with Gasteiger partial charge in [-0.3, -0.25) is 4.79 Å². The predicted octanol–water partition coefficient (Wildman–Crippen LogP) is 2.51. The Labute approximate surface area is 176 Å². The first-order chi connectivity index (χ1) is 14.0. The molecule has 0 bridgehead atoms. The number of carbonyl (C=O) groups excluding carboxylic acids is 1. The Kier molecular flexibility index (Phi) is 9.11. The highest BCUT2D eigenvalue weighted by Gasteiger charge is 2.04. The number of hydrogen-bond donors (Lipinski definition) is 3. The Bertz CT molecular complexity index is 842. The number of ether oxygens (including phenoxy) is 2. The second-order valence-electron chi connectivity index (χ2n) is 6.23. The quantitative estimate of drug-likeness (QED) is 0.407. The fourth-order valence-corrected chi connectivity index (χ4v) is 2.84. The van der Waals surface area contributed by atoms with E-state index in [1.54, 1.807) is 13.2 Å². The lowest BCUT2D eigenvalue weighted by Gasteiger charge is -2.12. The molecule has 0 saturated carbocycles. The van der Waals surface area contributed by atoms with E-state index in [9.17, 15) is 4.79 Å². The zero-order chi connectivity index (χ0) is 21.1. The minimum atomic E-state index is -0.510. The summed E-state index contributed by atoms with van der Waals surface area (Å²) < 4.78 is 10.5. The van der Waals surface area contributed by atoms with Crippen molar-refractivity contribution in [2.45, 2.75) is 19.9 Å². The molecule has 2 aromatic carbocycles. The van der Waals surface area contributed by atoms with Gasteiger partial charge < -0.3 is 25.8 Å². The third-order valence-corrected chi connectivity index (χ3v) is 4.34. The SMILES string of the molecule is CCNC(=NCc1cccc(OCC(N)=O)c1)NCCc1ccc(OC)cc1Cl. The van der Waals surface area contributed by atoms with E-state index in [4.69, 9.17) is 26.8 Å². The molecule has 2 aromatic rings. The Morgan fingerprint density at radius 1 is 1.17 bits per heavy atom. The first-order valence-electron chi connectivity index (χ1n) is 9.36. The van der Waals surface area contributed by atoms with Crippen molar-refractivity contribution in [2.75, 3.05) is 26.8 Å². The number of nitrogens with one attached hydrogen (secondary N) is 2. The van der Waals surface area contributed by atoms with E-state index in [1.807, 2.05) is 43.3 Å². The van der Waals surface area contributed by atoms with Crippen molar-refractivity contribution in [1.29, 1.82) is 0 Å². The van der Waals surface area contributed by atoms with Crippen molar-refractivity contribution in [3.05, 3.63) is 58.6 Å². The van der Waals surface area contributed by atoms with Gasteiger partial charge >= 0.3 is 0 Å². The van der Waals surface area contributed by atoms with Crippen LogP contribution in [0.25, 0.3) is 0 Å². The highest BCUT2D eigenvalue weighted by Crippen LogP contribution is 2.22. The van der Waals surface area contributed by atoms with Crippen LogP contribution in [0.4, 0.5) is 0 Å². The summed E-state index contributed by atoms with van der Waals surface area (Å²) in [6.45, 7) is 3.75. The molecule has 0 radical (unpaired) electrons. The van der Waals surface area contributed by atoms with Crippen LogP contribution in [-0.2, 0) is 17.8 Å². The van der Waals surface area contributed by atoms with Crippen molar-refractivity contribution >= 4 is 23.5 Å². The molecule has 2 rings (SSSR count). The lowest BCUT2D eigenvalue weighted by molar-refractivity contribution is -0.119. The number of benzene rings is 2. The molecule has 0 aliphatic carbocycles. The van der Waals surface area contributed by atoms with E-state index in [0.29, 0.717) is 29.8 Å². The molecule has 4 N–H and O–H groups in total. The van der Waals surface area contributed by atoms with Gasteiger partial charge in [-0.1, -0.05) is 29.8 Å². The molecule has 0 atom stereocenters. The van der Waals surface area contributed by atoms with Gasteiger partial charge in [0.2, 0.25) is 0 Å². The monoisotopic (exact) mass is 418 g/mol. The fourth-order valence-electron chi connectivity index (χ4n) is 2.57. The first kappa shape index (κ1) is 22.4. The number of carbonyl (C=O) groups is 1. The van der Waals surface area contributed by atoms with Crippen molar-refractivity contribution in [3.63, 3.8) is 0 Å². The summed E-state index contributed by atoms with van der Waals surface area (Å²) >= 11 is 6.29. The molecule has 0 aliphatic heterocycles. The molecule has 156 valence electrons. The molecular weight excluding hydrogens is 392 g/mol. The van der Waals surface area contributed by atoms with E-state index in [-0.39, 0.29) is 6.61 Å². The normalized spacial score (nSPS) is 11.1. The van der Waals surface area contributed by atoms with Gasteiger partial charge in [0, 0.05) is 18.1 Å². The van der Waals surface area contributed by atoms with Gasteiger partial charge in [-0.05, 0) is 48.7 Å². The predicted molar refractivity (Wildman–Crippen MR) is 116 cm³/mol. The highest BCUT2D eigenvalue weighted by atomic mass is 35.5. The van der Waals surface area contributed by atoms with Crippen LogP contribution in [0.2, 0.25) is 5.02 Å². The van der Waals surface area contributed by atoms with Gasteiger partial charge in [-0.2, -0.15) is 0 Å². The molecule has 29 heavy (non-hydrogen) atoms. The minimum Gasteiger partial charge on any atom is -0.497 e. The van der Waals surface area contributed by atoms with Gasteiger partial charge in [0.15, 0.2) is 12.6 Å². The Balaban J connectivity index is 1.92. The summed E-state index contributed by atoms with van der Waals surface area (Å²) in [7, 11) is 1.62. The van der Waals surface area contributed by atoms with Crippen LogP contribution in [0.15, 0.2) is 47.5 Å². The molecule has 0 aliphatic rings. The van der Waals surface area contributed by atoms with Crippen molar-refractivity contribution in [1.82, 2.24) is 10.6 Å². The molecule has 0 unspecified atom stereocenters. The zero-order valence-corrected chi connectivity index (χ0v) is 17.5. The summed E-state index contributed by atoms with van der Waals surface area (Å²) in [4.78, 5) is 15.4. The number of primary amides is 1. The van der Waals surface area contributed by atoms with Crippen LogP contribution in [-0.4, -0.2) is 38.7 Å². The number of guanidine groups is 1. The second kappa shape index (κ2) is 11.8. The molecule has 0 fully saturated rings. The maximum atomic E-state index is 10.8. The summed E-state index contributed by atoms with van der Waals surface area (Å²) in [5.41, 5.74) is 7.10. The van der Waals surface area contributed by atoms with E-state index in [1.165, 1.54) is 0 Å². The number of hydrogen-bond acceptors (Lipinski definition) is 4. The average molecular weight is 419 g/mol. The second-order valence-corrected chi connectivity index (χ2v) is 6.64. The van der Waals surface area contributed by atoms with Crippen LogP contribution >= 0.6 is 11.6 Å². The molecular formula is C21H27ClN4O3. The van der Waals surface area contributed by atoms with Crippen LogP contribution in [0, 0.1) is 0 Å². The van der Waals surface area contributed by atoms with Crippen LogP contribution in [0.1, 0.15) is 18.1 Å². The van der Waals surface area contributed by atoms with Crippen molar-refractivity contribution < 1.29 is 14.3 Å². The molecule has 0 saturated heterocycles. The van der Waals surface area contributed by atoms with Crippen LogP contribution in [0.3, 0.4) is 0 Å². The molecule has 8 heteroatoms. The third-order valence-electron chi connectivity index (χ3n) is 3.99. The van der Waals surface area contributed by atoms with Crippen LogP contribution < -0.4 is 25.8 Å². The molecule has 0 heterocycles. The summed E-state index contributed by atoms with van der Waals surface area (Å²) in [5, 5.41) is 7.21. The van der Waals surface area contributed by atoms with E-state index < -0.39 is 5.91 Å². The number of halogens is 1. The Hall–Kier alpha value is -2.93. The molecule has 1 amide bonds. The maximum Gasteiger partial charge on any atom is 0.255 e. The summed E-state index contributed by atoms with van der Waals surface area (Å²) in [5.74, 6) is 1.52. The lowest BCUT2D eigenvalue weighted by Crippen LogP contribution is -2.38. The number of aliphatic imine (C=N–C) groups is 1. The van der Waals surface area contributed by atoms with Gasteiger partial charge in [0.05, 0.1) is 13.7 Å². The Morgan fingerprint density at radius 3 is 2.69 bits per heavy atom. The van der Waals surface area contributed by atoms with Gasteiger partial charge in [0.25, 0.3) is 5.91 Å². The van der Waals surface area contributed by atoms with Crippen molar-refractivity contribution in [2.24, 2.45) is 10.7 Å². The highest BCUT2D eigenvalue weighted by molar-refractivity contribution is 6.31. The zero-order valence-electron chi connectivity index (χ0n) is 16.7. The minimum absolute atomic E-state index is 0.148. The topological polar surface area (TPSA) is 98.0 Å². The maximum absolute atomic E-state index is 10.8. The summed E-state index contributed by atoms with van der Waals surface area (Å²) in [6, 6.07) is 13.1. The van der Waals surface area contributed by atoms with Gasteiger partial charge in [-0.25, -0.2) is 4.99 Å². The molecule has 7 nitrogen and oxygen atoms in total. The average Bonchev–Trinajstić information content (AvgIpc) is 2.71. The largest absolute Gasteiger partial charge is 0.497 e. The Morgan fingerprint density at radius 2 is 2.00 bits per heavy atom. The number of amides is 1. The molecule has 0 spiro atoms. The van der Waals surface area contributed by atoms with E-state index >= 15 is 0 Å².